The molecular formula is C12H12F2N2O. The van der Waals surface area contributed by atoms with E-state index < -0.39 is 11.6 Å². The van der Waals surface area contributed by atoms with Crippen LogP contribution in [0, 0.1) is 11.6 Å². The van der Waals surface area contributed by atoms with Crippen LogP contribution in [0.15, 0.2) is 29.1 Å². The number of H-pyrrole nitrogens is 1. The molecule has 0 unspecified atom stereocenters. The van der Waals surface area contributed by atoms with Crippen molar-refractivity contribution in [3.63, 3.8) is 0 Å². The van der Waals surface area contributed by atoms with Crippen LogP contribution in [0.5, 0.6) is 0 Å². The van der Waals surface area contributed by atoms with Crippen LogP contribution in [0.1, 0.15) is 25.5 Å². The van der Waals surface area contributed by atoms with E-state index >= 15 is 0 Å². The summed E-state index contributed by atoms with van der Waals surface area (Å²) in [6, 6.07) is 4.95. The molecule has 0 spiro atoms. The van der Waals surface area contributed by atoms with Gasteiger partial charge in [-0.05, 0) is 18.1 Å². The number of halogens is 2. The summed E-state index contributed by atoms with van der Waals surface area (Å²) in [6.07, 6.45) is 0. The zero-order chi connectivity index (χ0) is 12.6. The Morgan fingerprint density at radius 3 is 2.47 bits per heavy atom. The van der Waals surface area contributed by atoms with E-state index in [0.717, 1.165) is 17.8 Å². The van der Waals surface area contributed by atoms with Crippen LogP contribution in [-0.2, 0) is 0 Å². The molecule has 3 nitrogen and oxygen atoms in total. The third-order valence-electron chi connectivity index (χ3n) is 2.51. The highest BCUT2D eigenvalue weighted by molar-refractivity contribution is 5.34. The summed E-state index contributed by atoms with van der Waals surface area (Å²) in [7, 11) is 0. The highest BCUT2D eigenvalue weighted by atomic mass is 19.2. The molecule has 2 aromatic rings. The largest absolute Gasteiger partial charge is 0.268 e. The second-order valence-electron chi connectivity index (χ2n) is 4.13. The topological polar surface area (TPSA) is 37.8 Å². The quantitative estimate of drug-likeness (QED) is 0.857. The first-order chi connectivity index (χ1) is 7.99. The molecule has 0 aliphatic rings. The molecule has 1 N–H and O–H groups in total. The first-order valence-electron chi connectivity index (χ1n) is 5.26. The highest BCUT2D eigenvalue weighted by Crippen LogP contribution is 2.18. The van der Waals surface area contributed by atoms with Crippen molar-refractivity contribution in [1.82, 2.24) is 9.78 Å². The predicted octanol–water partition coefficient (Wildman–Crippen LogP) is 2.57. The predicted molar refractivity (Wildman–Crippen MR) is 60.4 cm³/mol. The van der Waals surface area contributed by atoms with E-state index in [9.17, 15) is 13.6 Å². The number of nitrogens with one attached hydrogen (secondary N) is 1. The lowest BCUT2D eigenvalue weighted by Gasteiger charge is -2.10. The number of nitrogens with zero attached hydrogens (tertiary/aromatic N) is 1. The number of hydrogen-bond donors (Lipinski definition) is 1. The van der Waals surface area contributed by atoms with Gasteiger partial charge in [0.25, 0.3) is 5.56 Å². The van der Waals surface area contributed by atoms with Crippen molar-refractivity contribution >= 4 is 0 Å². The third kappa shape index (κ3) is 2.13. The Morgan fingerprint density at radius 2 is 1.88 bits per heavy atom. The standard InChI is InChI=1S/C12H12F2N2O/c1-7(2)11-6-12(17)15-16(11)8-3-4-9(13)10(14)5-8/h3-7H,1-2H3,(H,15,17). The van der Waals surface area contributed by atoms with Crippen molar-refractivity contribution in [2.45, 2.75) is 19.8 Å². The maximum Gasteiger partial charge on any atom is 0.264 e. The molecule has 1 heterocycles. The fourth-order valence-corrected chi connectivity index (χ4v) is 1.67. The smallest absolute Gasteiger partial charge is 0.264 e. The Morgan fingerprint density at radius 1 is 1.18 bits per heavy atom. The minimum atomic E-state index is -0.938. The molecule has 2 rings (SSSR count). The Balaban J connectivity index is 2.59. The van der Waals surface area contributed by atoms with E-state index in [1.54, 1.807) is 0 Å². The third-order valence-corrected chi connectivity index (χ3v) is 2.51. The second-order valence-corrected chi connectivity index (χ2v) is 4.13. The van der Waals surface area contributed by atoms with Crippen molar-refractivity contribution in [3.8, 4) is 5.69 Å². The minimum Gasteiger partial charge on any atom is -0.268 e. The van der Waals surface area contributed by atoms with Crippen LogP contribution in [-0.4, -0.2) is 9.78 Å². The number of rotatable bonds is 2. The molecule has 0 amide bonds. The van der Waals surface area contributed by atoms with Crippen LogP contribution in [0.25, 0.3) is 5.69 Å². The summed E-state index contributed by atoms with van der Waals surface area (Å²) < 4.78 is 27.4. The Kier molecular flexibility index (Phi) is 2.83. The molecule has 0 atom stereocenters. The summed E-state index contributed by atoms with van der Waals surface area (Å²) in [5.41, 5.74) is 0.856. The van der Waals surface area contributed by atoms with E-state index in [4.69, 9.17) is 0 Å². The number of aromatic amines is 1. The fraction of sp³-hybridized carbons (Fsp3) is 0.250. The summed E-state index contributed by atoms with van der Waals surface area (Å²) >= 11 is 0. The van der Waals surface area contributed by atoms with E-state index in [1.807, 2.05) is 13.8 Å². The van der Waals surface area contributed by atoms with Crippen LogP contribution in [0.4, 0.5) is 8.78 Å². The number of hydrogen-bond acceptors (Lipinski definition) is 1. The van der Waals surface area contributed by atoms with Gasteiger partial charge in [-0.3, -0.25) is 14.6 Å². The van der Waals surface area contributed by atoms with Crippen LogP contribution >= 0.6 is 0 Å². The molecule has 0 aliphatic carbocycles. The van der Waals surface area contributed by atoms with Crippen molar-refractivity contribution in [3.05, 3.63) is 51.9 Å². The zero-order valence-electron chi connectivity index (χ0n) is 9.50. The van der Waals surface area contributed by atoms with Gasteiger partial charge in [0, 0.05) is 17.8 Å². The van der Waals surface area contributed by atoms with Gasteiger partial charge in [0.05, 0.1) is 5.69 Å². The van der Waals surface area contributed by atoms with E-state index in [0.29, 0.717) is 5.69 Å². The first-order valence-corrected chi connectivity index (χ1v) is 5.26. The van der Waals surface area contributed by atoms with Gasteiger partial charge < -0.3 is 0 Å². The lowest BCUT2D eigenvalue weighted by molar-refractivity contribution is 0.507. The molecule has 1 aromatic heterocycles. The maximum absolute atomic E-state index is 13.1. The minimum absolute atomic E-state index is 0.0991. The molecular weight excluding hydrogens is 226 g/mol. The molecule has 5 heteroatoms. The van der Waals surface area contributed by atoms with E-state index in [2.05, 4.69) is 5.10 Å². The van der Waals surface area contributed by atoms with Crippen molar-refractivity contribution in [2.24, 2.45) is 0 Å². The van der Waals surface area contributed by atoms with Gasteiger partial charge in [-0.1, -0.05) is 13.8 Å². The average molecular weight is 238 g/mol. The van der Waals surface area contributed by atoms with Crippen LogP contribution < -0.4 is 5.56 Å². The number of aromatic nitrogens is 2. The SMILES string of the molecule is CC(C)c1cc(=O)[nH]n1-c1ccc(F)c(F)c1. The molecule has 0 fully saturated rings. The molecule has 1 aromatic carbocycles. The molecule has 0 aliphatic heterocycles. The maximum atomic E-state index is 13.1. The van der Waals surface area contributed by atoms with Crippen LogP contribution in [0.2, 0.25) is 0 Å². The molecule has 0 saturated carbocycles. The summed E-state index contributed by atoms with van der Waals surface area (Å²) in [4.78, 5) is 11.3. The van der Waals surface area contributed by atoms with Crippen LogP contribution in [0.3, 0.4) is 0 Å². The molecule has 0 saturated heterocycles. The summed E-state index contributed by atoms with van der Waals surface area (Å²) in [6.45, 7) is 3.83. The number of benzene rings is 1. The van der Waals surface area contributed by atoms with Gasteiger partial charge in [0.2, 0.25) is 0 Å². The van der Waals surface area contributed by atoms with E-state index in [1.165, 1.54) is 16.8 Å². The molecule has 0 bridgehead atoms. The normalized spacial score (nSPS) is 11.1. The van der Waals surface area contributed by atoms with Gasteiger partial charge in [-0.2, -0.15) is 0 Å². The van der Waals surface area contributed by atoms with E-state index in [-0.39, 0.29) is 11.5 Å². The Labute approximate surface area is 96.7 Å². The Hall–Kier alpha value is -1.91. The second kappa shape index (κ2) is 4.16. The van der Waals surface area contributed by atoms with Gasteiger partial charge in [-0.25, -0.2) is 8.78 Å². The van der Waals surface area contributed by atoms with Gasteiger partial charge in [-0.15, -0.1) is 0 Å². The van der Waals surface area contributed by atoms with Gasteiger partial charge >= 0.3 is 0 Å². The highest BCUT2D eigenvalue weighted by Gasteiger charge is 2.11. The molecule has 0 radical (unpaired) electrons. The zero-order valence-corrected chi connectivity index (χ0v) is 9.50. The van der Waals surface area contributed by atoms with Gasteiger partial charge in [0.15, 0.2) is 11.6 Å². The first kappa shape index (κ1) is 11.6. The van der Waals surface area contributed by atoms with Crippen molar-refractivity contribution in [1.29, 1.82) is 0 Å². The molecule has 17 heavy (non-hydrogen) atoms. The fourth-order valence-electron chi connectivity index (χ4n) is 1.67. The molecule has 90 valence electrons. The Bertz CT molecular complexity index is 599. The monoisotopic (exact) mass is 238 g/mol. The van der Waals surface area contributed by atoms with Gasteiger partial charge in [0.1, 0.15) is 0 Å². The summed E-state index contributed by atoms with van der Waals surface area (Å²) in [5, 5.41) is 2.56. The van der Waals surface area contributed by atoms with Crippen molar-refractivity contribution < 1.29 is 8.78 Å². The summed E-state index contributed by atoms with van der Waals surface area (Å²) in [5.74, 6) is -1.75. The van der Waals surface area contributed by atoms with Crippen molar-refractivity contribution in [2.75, 3.05) is 0 Å². The lowest BCUT2D eigenvalue weighted by atomic mass is 10.1. The lowest BCUT2D eigenvalue weighted by Crippen LogP contribution is -2.06. The average Bonchev–Trinajstić information content (AvgIpc) is 2.64.